The van der Waals surface area contributed by atoms with E-state index in [2.05, 4.69) is 47.2 Å². The van der Waals surface area contributed by atoms with Gasteiger partial charge in [-0.05, 0) is 57.8 Å². The van der Waals surface area contributed by atoms with E-state index in [0.29, 0.717) is 0 Å². The van der Waals surface area contributed by atoms with Crippen LogP contribution < -0.4 is 10.2 Å². The molecule has 0 saturated carbocycles. The number of rotatable bonds is 4. The fraction of sp³-hybridized carbons (Fsp3) is 0.643. The number of nitrogens with zero attached hydrogens (tertiary/aromatic N) is 2. The van der Waals surface area contributed by atoms with Gasteiger partial charge < -0.3 is 10.2 Å². The lowest BCUT2D eigenvalue weighted by atomic mass is 9.97. The number of nitrogens with one attached hydrogen (secondary N) is 1. The van der Waals surface area contributed by atoms with Gasteiger partial charge in [-0.2, -0.15) is 0 Å². The van der Waals surface area contributed by atoms with E-state index in [-0.39, 0.29) is 0 Å². The highest BCUT2D eigenvalue weighted by molar-refractivity contribution is 5.38. The monoisotopic (exact) mass is 233 g/mol. The van der Waals surface area contributed by atoms with Crippen molar-refractivity contribution < 1.29 is 0 Å². The van der Waals surface area contributed by atoms with Crippen LogP contribution in [-0.2, 0) is 0 Å². The normalized spacial score (nSPS) is 17.1. The van der Waals surface area contributed by atoms with Crippen LogP contribution in [0.15, 0.2) is 18.2 Å². The van der Waals surface area contributed by atoms with Crippen LogP contribution in [0, 0.1) is 12.8 Å². The summed E-state index contributed by atoms with van der Waals surface area (Å²) in [5, 5.41) is 3.42. The second-order valence-electron chi connectivity index (χ2n) is 4.87. The second kappa shape index (κ2) is 6.01. The fourth-order valence-corrected chi connectivity index (χ4v) is 2.47. The third-order valence-electron chi connectivity index (χ3n) is 3.52. The molecule has 1 saturated heterocycles. The van der Waals surface area contributed by atoms with Crippen molar-refractivity contribution in [1.82, 2.24) is 10.3 Å². The molecule has 17 heavy (non-hydrogen) atoms. The Morgan fingerprint density at radius 1 is 1.35 bits per heavy atom. The quantitative estimate of drug-likeness (QED) is 0.864. The van der Waals surface area contributed by atoms with Gasteiger partial charge >= 0.3 is 0 Å². The lowest BCUT2D eigenvalue weighted by Gasteiger charge is -2.30. The third kappa shape index (κ3) is 3.43. The number of aromatic nitrogens is 1. The highest BCUT2D eigenvalue weighted by Crippen LogP contribution is 2.18. The topological polar surface area (TPSA) is 28.2 Å². The molecule has 0 aromatic carbocycles. The highest BCUT2D eigenvalue weighted by atomic mass is 15.2. The van der Waals surface area contributed by atoms with Gasteiger partial charge in [0, 0.05) is 18.8 Å². The number of piperidine rings is 1. The van der Waals surface area contributed by atoms with Gasteiger partial charge in [-0.3, -0.25) is 0 Å². The standard InChI is InChI=1S/C14H23N3/c1-3-17(11-13-7-9-15-10-8-13)14-6-4-5-12(2)16-14/h4-6,13,15H,3,7-11H2,1-2H3. The smallest absolute Gasteiger partial charge is 0.128 e. The lowest BCUT2D eigenvalue weighted by molar-refractivity contribution is 0.374. The Balaban J connectivity index is 2.00. The minimum atomic E-state index is 0.818. The highest BCUT2D eigenvalue weighted by Gasteiger charge is 2.17. The molecule has 1 N–H and O–H groups in total. The largest absolute Gasteiger partial charge is 0.357 e. The summed E-state index contributed by atoms with van der Waals surface area (Å²) >= 11 is 0. The first-order valence-corrected chi connectivity index (χ1v) is 6.69. The third-order valence-corrected chi connectivity index (χ3v) is 3.52. The second-order valence-corrected chi connectivity index (χ2v) is 4.87. The SMILES string of the molecule is CCN(CC1CCNCC1)c1cccc(C)n1. The Labute approximate surface area is 104 Å². The van der Waals surface area contributed by atoms with E-state index in [0.717, 1.165) is 30.5 Å². The van der Waals surface area contributed by atoms with E-state index >= 15 is 0 Å². The molecule has 0 bridgehead atoms. The minimum absolute atomic E-state index is 0.818. The van der Waals surface area contributed by atoms with Crippen LogP contribution in [0.25, 0.3) is 0 Å². The molecule has 1 aromatic heterocycles. The van der Waals surface area contributed by atoms with Crippen molar-refractivity contribution in [2.75, 3.05) is 31.1 Å². The Morgan fingerprint density at radius 3 is 2.76 bits per heavy atom. The number of pyridine rings is 1. The van der Waals surface area contributed by atoms with Crippen molar-refractivity contribution >= 4 is 5.82 Å². The molecule has 2 rings (SSSR count). The first-order valence-electron chi connectivity index (χ1n) is 6.69. The van der Waals surface area contributed by atoms with Gasteiger partial charge in [-0.15, -0.1) is 0 Å². The Bertz CT molecular complexity index is 345. The molecular weight excluding hydrogens is 210 g/mol. The van der Waals surface area contributed by atoms with Gasteiger partial charge in [-0.1, -0.05) is 6.07 Å². The predicted octanol–water partition coefficient (Wildman–Crippen LogP) is 2.22. The molecule has 0 aliphatic carbocycles. The van der Waals surface area contributed by atoms with Crippen LogP contribution in [-0.4, -0.2) is 31.2 Å². The molecule has 1 aliphatic rings. The van der Waals surface area contributed by atoms with Gasteiger partial charge in [-0.25, -0.2) is 4.98 Å². The number of hydrogen-bond acceptors (Lipinski definition) is 3. The average Bonchev–Trinajstić information content (AvgIpc) is 2.37. The Hall–Kier alpha value is -1.09. The molecule has 0 atom stereocenters. The van der Waals surface area contributed by atoms with Crippen molar-refractivity contribution in [3.05, 3.63) is 23.9 Å². The first kappa shape index (κ1) is 12.4. The molecule has 1 aliphatic heterocycles. The van der Waals surface area contributed by atoms with Gasteiger partial charge in [0.25, 0.3) is 0 Å². The molecule has 94 valence electrons. The molecule has 0 radical (unpaired) electrons. The van der Waals surface area contributed by atoms with Crippen LogP contribution in [0.1, 0.15) is 25.5 Å². The van der Waals surface area contributed by atoms with Crippen molar-refractivity contribution in [2.45, 2.75) is 26.7 Å². The zero-order valence-corrected chi connectivity index (χ0v) is 10.9. The van der Waals surface area contributed by atoms with Crippen molar-refractivity contribution in [3.63, 3.8) is 0 Å². The van der Waals surface area contributed by atoms with E-state index in [1.165, 1.54) is 25.9 Å². The summed E-state index contributed by atoms with van der Waals surface area (Å²) in [4.78, 5) is 7.03. The maximum atomic E-state index is 4.62. The Kier molecular flexibility index (Phi) is 4.37. The summed E-state index contributed by atoms with van der Waals surface area (Å²) in [6.45, 7) is 8.80. The van der Waals surface area contributed by atoms with Crippen LogP contribution in [0.4, 0.5) is 5.82 Å². The number of hydrogen-bond donors (Lipinski definition) is 1. The summed E-state index contributed by atoms with van der Waals surface area (Å²) in [6.07, 6.45) is 2.59. The number of anilines is 1. The van der Waals surface area contributed by atoms with Crippen LogP contribution in [0.3, 0.4) is 0 Å². The van der Waals surface area contributed by atoms with Gasteiger partial charge in [0.15, 0.2) is 0 Å². The van der Waals surface area contributed by atoms with E-state index in [1.54, 1.807) is 0 Å². The van der Waals surface area contributed by atoms with Gasteiger partial charge in [0.2, 0.25) is 0 Å². The van der Waals surface area contributed by atoms with E-state index < -0.39 is 0 Å². The molecule has 1 fully saturated rings. The molecule has 0 spiro atoms. The fourth-order valence-electron chi connectivity index (χ4n) is 2.47. The van der Waals surface area contributed by atoms with Crippen LogP contribution >= 0.6 is 0 Å². The first-order chi connectivity index (χ1) is 8.29. The van der Waals surface area contributed by atoms with Crippen LogP contribution in [0.2, 0.25) is 0 Å². The van der Waals surface area contributed by atoms with Gasteiger partial charge in [0.1, 0.15) is 5.82 Å². The minimum Gasteiger partial charge on any atom is -0.357 e. The van der Waals surface area contributed by atoms with Crippen molar-refractivity contribution in [3.8, 4) is 0 Å². The zero-order valence-electron chi connectivity index (χ0n) is 10.9. The molecule has 3 heteroatoms. The van der Waals surface area contributed by atoms with Crippen LogP contribution in [0.5, 0.6) is 0 Å². The maximum absolute atomic E-state index is 4.62. The summed E-state index contributed by atoms with van der Waals surface area (Å²) in [7, 11) is 0. The van der Waals surface area contributed by atoms with Gasteiger partial charge in [0.05, 0.1) is 0 Å². The van der Waals surface area contributed by atoms with E-state index in [4.69, 9.17) is 0 Å². The average molecular weight is 233 g/mol. The molecule has 3 nitrogen and oxygen atoms in total. The van der Waals surface area contributed by atoms with Crippen molar-refractivity contribution in [1.29, 1.82) is 0 Å². The molecule has 0 unspecified atom stereocenters. The van der Waals surface area contributed by atoms with E-state index in [1.807, 2.05) is 0 Å². The molecule has 1 aromatic rings. The molecular formula is C14H23N3. The summed E-state index contributed by atoms with van der Waals surface area (Å²) in [5.41, 5.74) is 1.10. The lowest BCUT2D eigenvalue weighted by Crippen LogP contribution is -2.36. The maximum Gasteiger partial charge on any atom is 0.128 e. The number of aryl methyl sites for hydroxylation is 1. The van der Waals surface area contributed by atoms with Crippen molar-refractivity contribution in [2.24, 2.45) is 5.92 Å². The Morgan fingerprint density at radius 2 is 2.12 bits per heavy atom. The zero-order chi connectivity index (χ0) is 12.1. The molecule has 0 amide bonds. The summed E-state index contributed by atoms with van der Waals surface area (Å²) in [6, 6.07) is 6.28. The van der Waals surface area contributed by atoms with E-state index in [9.17, 15) is 0 Å². The summed E-state index contributed by atoms with van der Waals surface area (Å²) < 4.78 is 0. The molecule has 2 heterocycles. The summed E-state index contributed by atoms with van der Waals surface area (Å²) in [5.74, 6) is 1.95. The predicted molar refractivity (Wildman–Crippen MR) is 72.5 cm³/mol.